The summed E-state index contributed by atoms with van der Waals surface area (Å²) in [6, 6.07) is -2.08. The molecule has 8 heteroatoms. The minimum absolute atomic E-state index is 0.0303. The van der Waals surface area contributed by atoms with Crippen LogP contribution < -0.4 is 5.73 Å². The molecule has 0 rings (SSSR count). The van der Waals surface area contributed by atoms with Gasteiger partial charge < -0.3 is 20.8 Å². The van der Waals surface area contributed by atoms with Gasteiger partial charge in [-0.2, -0.15) is 12.6 Å². The lowest BCUT2D eigenvalue weighted by molar-refractivity contribution is -0.148. The fourth-order valence-electron chi connectivity index (χ4n) is 1.18. The summed E-state index contributed by atoms with van der Waals surface area (Å²) in [5.74, 6) is -2.88. The second-order valence-electron chi connectivity index (χ2n) is 3.52. The summed E-state index contributed by atoms with van der Waals surface area (Å²) in [7, 11) is 1.30. The first-order valence-corrected chi connectivity index (χ1v) is 5.52. The van der Waals surface area contributed by atoms with Crippen LogP contribution in [0.2, 0.25) is 0 Å². The molecule has 0 aliphatic heterocycles. The first-order chi connectivity index (χ1) is 7.81. The van der Waals surface area contributed by atoms with Crippen molar-refractivity contribution in [3.63, 3.8) is 0 Å². The van der Waals surface area contributed by atoms with E-state index in [0.29, 0.717) is 0 Å². The molecule has 0 saturated carbocycles. The Bertz CT molecular complexity index is 310. The second-order valence-corrected chi connectivity index (χ2v) is 3.89. The normalized spacial score (nSPS) is 13.8. The number of nitrogens with two attached hydrogens (primary N) is 1. The Morgan fingerprint density at radius 3 is 2.24 bits per heavy atom. The quantitative estimate of drug-likeness (QED) is 0.439. The zero-order valence-electron chi connectivity index (χ0n) is 9.37. The van der Waals surface area contributed by atoms with E-state index in [1.807, 2.05) is 0 Å². The Labute approximate surface area is 104 Å². The summed E-state index contributed by atoms with van der Waals surface area (Å²) in [5.41, 5.74) is 5.49. The van der Waals surface area contributed by atoms with Crippen LogP contribution in [0.4, 0.5) is 0 Å². The molecule has 0 aromatic heterocycles. The van der Waals surface area contributed by atoms with Crippen LogP contribution in [0.3, 0.4) is 0 Å². The summed E-state index contributed by atoms with van der Waals surface area (Å²) < 4.78 is 0. The largest absolute Gasteiger partial charge is 0.481 e. The van der Waals surface area contributed by atoms with Gasteiger partial charge in [-0.1, -0.05) is 0 Å². The lowest BCUT2D eigenvalue weighted by atomic mass is 10.1. The molecule has 4 N–H and O–H groups in total. The number of carbonyl (C=O) groups excluding carboxylic acids is 1. The number of carboxylic acid groups (broad SMARTS) is 2. The molecule has 0 saturated heterocycles. The average Bonchev–Trinajstić information content (AvgIpc) is 2.24. The Balaban J connectivity index is 4.46. The van der Waals surface area contributed by atoms with Crippen molar-refractivity contribution in [2.24, 2.45) is 5.73 Å². The third-order valence-corrected chi connectivity index (χ3v) is 2.61. The van der Waals surface area contributed by atoms with E-state index in [1.165, 1.54) is 7.05 Å². The van der Waals surface area contributed by atoms with Crippen molar-refractivity contribution in [3.8, 4) is 0 Å². The van der Waals surface area contributed by atoms with Crippen LogP contribution in [-0.2, 0) is 14.4 Å². The van der Waals surface area contributed by atoms with Crippen LogP contribution in [-0.4, -0.2) is 57.8 Å². The molecule has 17 heavy (non-hydrogen) atoms. The van der Waals surface area contributed by atoms with E-state index in [9.17, 15) is 14.4 Å². The minimum Gasteiger partial charge on any atom is -0.481 e. The van der Waals surface area contributed by atoms with Crippen LogP contribution in [0.15, 0.2) is 0 Å². The maximum atomic E-state index is 11.7. The maximum absolute atomic E-state index is 11.7. The van der Waals surface area contributed by atoms with Crippen molar-refractivity contribution >= 4 is 30.5 Å². The smallest absolute Gasteiger partial charge is 0.327 e. The number of rotatable bonds is 7. The van der Waals surface area contributed by atoms with Crippen LogP contribution in [0.1, 0.15) is 12.8 Å². The van der Waals surface area contributed by atoms with Crippen LogP contribution in [0.25, 0.3) is 0 Å². The summed E-state index contributed by atoms with van der Waals surface area (Å²) in [4.78, 5) is 33.7. The number of carbonyl (C=O) groups is 3. The fourth-order valence-corrected chi connectivity index (χ4v) is 1.58. The molecular weight excluding hydrogens is 248 g/mol. The van der Waals surface area contributed by atoms with Crippen LogP contribution >= 0.6 is 12.6 Å². The van der Waals surface area contributed by atoms with Crippen LogP contribution in [0, 0.1) is 0 Å². The van der Waals surface area contributed by atoms with Crippen molar-refractivity contribution in [2.75, 3.05) is 12.8 Å². The monoisotopic (exact) mass is 264 g/mol. The Morgan fingerprint density at radius 2 is 1.88 bits per heavy atom. The zero-order valence-corrected chi connectivity index (χ0v) is 10.3. The van der Waals surface area contributed by atoms with Crippen LogP contribution in [0.5, 0.6) is 0 Å². The van der Waals surface area contributed by atoms with E-state index in [0.717, 1.165) is 4.90 Å². The molecule has 2 atom stereocenters. The van der Waals surface area contributed by atoms with E-state index < -0.39 is 29.9 Å². The number of aliphatic carboxylic acids is 2. The number of likely N-dealkylation sites (N-methyl/N-ethyl adjacent to an activating group) is 1. The highest BCUT2D eigenvalue weighted by molar-refractivity contribution is 7.80. The number of hydrogen-bond donors (Lipinski definition) is 4. The van der Waals surface area contributed by atoms with Gasteiger partial charge in [-0.15, -0.1) is 0 Å². The third-order valence-electron chi connectivity index (χ3n) is 2.26. The van der Waals surface area contributed by atoms with Crippen molar-refractivity contribution in [1.29, 1.82) is 0 Å². The second kappa shape index (κ2) is 7.13. The van der Waals surface area contributed by atoms with Gasteiger partial charge >= 0.3 is 11.9 Å². The van der Waals surface area contributed by atoms with Crippen molar-refractivity contribution in [2.45, 2.75) is 24.9 Å². The van der Waals surface area contributed by atoms with Crippen molar-refractivity contribution < 1.29 is 24.6 Å². The average molecular weight is 264 g/mol. The molecule has 0 aromatic rings. The van der Waals surface area contributed by atoms with Gasteiger partial charge in [-0.25, -0.2) is 4.79 Å². The third kappa shape index (κ3) is 5.05. The first-order valence-electron chi connectivity index (χ1n) is 4.89. The molecule has 7 nitrogen and oxygen atoms in total. The molecule has 0 heterocycles. The van der Waals surface area contributed by atoms with Crippen molar-refractivity contribution in [3.05, 3.63) is 0 Å². The molecule has 0 aromatic carbocycles. The topological polar surface area (TPSA) is 121 Å². The van der Waals surface area contributed by atoms with Gasteiger partial charge in [0.1, 0.15) is 6.04 Å². The molecular formula is C9H16N2O5S. The van der Waals surface area contributed by atoms with E-state index in [-0.39, 0.29) is 18.6 Å². The molecule has 98 valence electrons. The standard InChI is InChI=1S/C9H16N2O5S/c1-11(6(4-17)9(15)16)8(14)5(10)2-3-7(12)13/h5-6,17H,2-4,10H2,1H3,(H,12,13)(H,15,16). The molecule has 0 fully saturated rings. The lowest BCUT2D eigenvalue weighted by Gasteiger charge is -2.26. The van der Waals surface area contributed by atoms with Gasteiger partial charge in [0.25, 0.3) is 0 Å². The molecule has 0 spiro atoms. The van der Waals surface area contributed by atoms with Gasteiger partial charge in [0.15, 0.2) is 0 Å². The highest BCUT2D eigenvalue weighted by Gasteiger charge is 2.28. The zero-order chi connectivity index (χ0) is 13.6. The van der Waals surface area contributed by atoms with Gasteiger partial charge in [-0.05, 0) is 6.42 Å². The van der Waals surface area contributed by atoms with Gasteiger partial charge in [0, 0.05) is 19.2 Å². The number of amides is 1. The van der Waals surface area contributed by atoms with E-state index in [1.54, 1.807) is 0 Å². The SMILES string of the molecule is CN(C(=O)C(N)CCC(=O)O)C(CS)C(=O)O. The highest BCUT2D eigenvalue weighted by Crippen LogP contribution is 2.05. The lowest BCUT2D eigenvalue weighted by Crippen LogP contribution is -2.50. The Kier molecular flexibility index (Phi) is 6.59. The Morgan fingerprint density at radius 1 is 1.35 bits per heavy atom. The predicted octanol–water partition coefficient (Wildman–Crippen LogP) is -0.980. The fraction of sp³-hybridized carbons (Fsp3) is 0.667. The van der Waals surface area contributed by atoms with Crippen molar-refractivity contribution in [1.82, 2.24) is 4.90 Å². The number of nitrogens with zero attached hydrogens (tertiary/aromatic N) is 1. The summed E-state index contributed by atoms with van der Waals surface area (Å²) in [6.07, 6.45) is -0.267. The molecule has 1 amide bonds. The summed E-state index contributed by atoms with van der Waals surface area (Å²) >= 11 is 3.83. The minimum atomic E-state index is -1.18. The molecule has 2 unspecified atom stereocenters. The molecule has 0 aliphatic carbocycles. The number of hydrogen-bond acceptors (Lipinski definition) is 5. The molecule has 0 aliphatic rings. The van der Waals surface area contributed by atoms with Gasteiger partial charge in [0.05, 0.1) is 6.04 Å². The van der Waals surface area contributed by atoms with Gasteiger partial charge in [-0.3, -0.25) is 9.59 Å². The van der Waals surface area contributed by atoms with E-state index in [2.05, 4.69) is 12.6 Å². The molecule has 0 bridgehead atoms. The van der Waals surface area contributed by atoms with Gasteiger partial charge in [0.2, 0.25) is 5.91 Å². The van der Waals surface area contributed by atoms with E-state index >= 15 is 0 Å². The Hall–Kier alpha value is -1.28. The summed E-state index contributed by atoms with van der Waals surface area (Å²) in [5, 5.41) is 17.3. The highest BCUT2D eigenvalue weighted by atomic mass is 32.1. The van der Waals surface area contributed by atoms with E-state index in [4.69, 9.17) is 15.9 Å². The molecule has 0 radical (unpaired) electrons. The number of thiol groups is 1. The summed E-state index contributed by atoms with van der Waals surface area (Å²) in [6.45, 7) is 0. The number of carboxylic acids is 2. The predicted molar refractivity (Wildman–Crippen MR) is 62.9 cm³/mol. The maximum Gasteiger partial charge on any atom is 0.327 e. The first kappa shape index (κ1) is 15.7.